The Balaban J connectivity index is 1.68. The monoisotopic (exact) mass is 487 g/mol. The summed E-state index contributed by atoms with van der Waals surface area (Å²) >= 11 is 0. The first kappa shape index (κ1) is 25.4. The van der Waals surface area contributed by atoms with Gasteiger partial charge in [0.15, 0.2) is 0 Å². The van der Waals surface area contributed by atoms with Crippen LogP contribution in [-0.4, -0.2) is 70.8 Å². The van der Waals surface area contributed by atoms with Crippen molar-refractivity contribution in [2.45, 2.75) is 70.7 Å². The molecule has 1 aromatic carbocycles. The Kier molecular flexibility index (Phi) is 6.85. The number of hydrogen-bond donors (Lipinski definition) is 3. The molecule has 2 bridgehead atoms. The van der Waals surface area contributed by atoms with Crippen LogP contribution in [0.1, 0.15) is 47.5 Å². The molecule has 3 aliphatic heterocycles. The van der Waals surface area contributed by atoms with Crippen molar-refractivity contribution in [2.24, 2.45) is 17.8 Å². The molecule has 3 unspecified atom stereocenters. The second-order valence-electron chi connectivity index (χ2n) is 10.4. The van der Waals surface area contributed by atoms with E-state index in [1.807, 2.05) is 34.6 Å². The van der Waals surface area contributed by atoms with Crippen molar-refractivity contribution in [1.82, 2.24) is 10.2 Å². The Bertz CT molecular complexity index is 982. The maximum absolute atomic E-state index is 13.8. The standard InChI is InChI=1S/C26H37N3O6/c1-6-34-18-10-8-17(9-11-18)28-22(31)19-20-24(33)29(12-7-13-30)21(23(32)27-15(2)3)26(20)14-16(4)25(19,5)35-26/h8-11,15-16,19-21,30H,6-7,12-14H2,1-5H3,(H,27,32)(H,28,31)/t16?,19-,20-,21?,25+,26?/m0/s1. The molecule has 1 aromatic rings. The van der Waals surface area contributed by atoms with Crippen LogP contribution in [0.25, 0.3) is 0 Å². The number of fused-ring (bicyclic) bond motifs is 1. The molecule has 4 rings (SSSR count). The molecule has 0 radical (unpaired) electrons. The van der Waals surface area contributed by atoms with Gasteiger partial charge in [0.1, 0.15) is 17.4 Å². The fraction of sp³-hybridized carbons (Fsp3) is 0.654. The third kappa shape index (κ3) is 4.08. The SMILES string of the molecule is CCOc1ccc(NC(=O)[C@@H]2[C@H]3C(=O)N(CCCO)C(C(=O)NC(C)C)C34CC(C)[C@@]2(C)O4)cc1. The molecular formula is C26H37N3O6. The van der Waals surface area contributed by atoms with E-state index in [-0.39, 0.29) is 42.8 Å². The quantitative estimate of drug-likeness (QED) is 0.490. The number of hydrogen-bond acceptors (Lipinski definition) is 6. The van der Waals surface area contributed by atoms with Gasteiger partial charge in [-0.15, -0.1) is 0 Å². The second kappa shape index (κ2) is 9.43. The van der Waals surface area contributed by atoms with E-state index in [2.05, 4.69) is 10.6 Å². The maximum Gasteiger partial charge on any atom is 0.246 e. The lowest BCUT2D eigenvalue weighted by molar-refractivity contribution is -0.146. The molecule has 9 heteroatoms. The van der Waals surface area contributed by atoms with Crippen LogP contribution in [0.3, 0.4) is 0 Å². The molecule has 0 saturated carbocycles. The number of benzene rings is 1. The van der Waals surface area contributed by atoms with Crippen LogP contribution in [0, 0.1) is 17.8 Å². The minimum absolute atomic E-state index is 0.0326. The molecular weight excluding hydrogens is 450 g/mol. The molecule has 0 aromatic heterocycles. The minimum atomic E-state index is -1.08. The zero-order valence-electron chi connectivity index (χ0n) is 21.2. The van der Waals surface area contributed by atoms with Crippen LogP contribution < -0.4 is 15.4 Å². The van der Waals surface area contributed by atoms with E-state index >= 15 is 0 Å². The molecule has 3 heterocycles. The van der Waals surface area contributed by atoms with Crippen molar-refractivity contribution >= 4 is 23.4 Å². The molecule has 6 atom stereocenters. The maximum atomic E-state index is 13.8. The van der Waals surface area contributed by atoms with Crippen LogP contribution in [0.2, 0.25) is 0 Å². The number of aliphatic hydroxyl groups excluding tert-OH is 1. The number of ether oxygens (including phenoxy) is 2. The van der Waals surface area contributed by atoms with Crippen molar-refractivity contribution in [1.29, 1.82) is 0 Å². The molecule has 3 aliphatic rings. The van der Waals surface area contributed by atoms with Gasteiger partial charge in [-0.3, -0.25) is 14.4 Å². The van der Waals surface area contributed by atoms with Gasteiger partial charge < -0.3 is 30.1 Å². The normalized spacial score (nSPS) is 33.2. The lowest BCUT2D eigenvalue weighted by Gasteiger charge is -2.36. The van der Waals surface area contributed by atoms with Gasteiger partial charge in [-0.2, -0.15) is 0 Å². The first-order valence-electron chi connectivity index (χ1n) is 12.5. The molecule has 3 fully saturated rings. The predicted molar refractivity (Wildman–Crippen MR) is 130 cm³/mol. The van der Waals surface area contributed by atoms with Crippen LogP contribution in [0.4, 0.5) is 5.69 Å². The number of amides is 3. The first-order valence-corrected chi connectivity index (χ1v) is 12.5. The third-order valence-corrected chi connectivity index (χ3v) is 7.77. The van der Waals surface area contributed by atoms with Crippen molar-refractivity contribution in [3.8, 4) is 5.75 Å². The van der Waals surface area contributed by atoms with E-state index in [4.69, 9.17) is 9.47 Å². The Morgan fingerprint density at radius 1 is 1.26 bits per heavy atom. The summed E-state index contributed by atoms with van der Waals surface area (Å²) in [5, 5.41) is 15.3. The zero-order chi connectivity index (χ0) is 25.5. The fourth-order valence-electron chi connectivity index (χ4n) is 6.31. The highest BCUT2D eigenvalue weighted by Gasteiger charge is 2.79. The summed E-state index contributed by atoms with van der Waals surface area (Å²) in [5.41, 5.74) is -1.36. The number of rotatable bonds is 9. The lowest BCUT2D eigenvalue weighted by atomic mass is 9.62. The highest BCUT2D eigenvalue weighted by Crippen LogP contribution is 2.65. The van der Waals surface area contributed by atoms with Gasteiger partial charge in [-0.1, -0.05) is 6.92 Å². The molecule has 1 spiro atoms. The molecule has 0 aliphatic carbocycles. The number of aliphatic hydroxyl groups is 1. The van der Waals surface area contributed by atoms with Crippen LogP contribution in [0.15, 0.2) is 24.3 Å². The summed E-state index contributed by atoms with van der Waals surface area (Å²) in [6, 6.07) is 6.14. The molecule has 3 N–H and O–H groups in total. The number of anilines is 1. The van der Waals surface area contributed by atoms with Gasteiger partial charge in [0.25, 0.3) is 0 Å². The molecule has 9 nitrogen and oxygen atoms in total. The highest BCUT2D eigenvalue weighted by atomic mass is 16.5. The number of nitrogens with zero attached hydrogens (tertiary/aromatic N) is 1. The van der Waals surface area contributed by atoms with E-state index in [0.717, 1.165) is 0 Å². The van der Waals surface area contributed by atoms with Crippen LogP contribution in [0.5, 0.6) is 5.75 Å². The van der Waals surface area contributed by atoms with Crippen molar-refractivity contribution in [3.05, 3.63) is 24.3 Å². The number of carbonyl (C=O) groups excluding carboxylic acids is 3. The Morgan fingerprint density at radius 3 is 2.54 bits per heavy atom. The highest BCUT2D eigenvalue weighted by molar-refractivity contribution is 6.02. The summed E-state index contributed by atoms with van der Waals surface area (Å²) in [6.07, 6.45) is 0.856. The van der Waals surface area contributed by atoms with E-state index < -0.39 is 29.1 Å². The summed E-state index contributed by atoms with van der Waals surface area (Å²) in [7, 11) is 0. The van der Waals surface area contributed by atoms with Gasteiger partial charge >= 0.3 is 0 Å². The summed E-state index contributed by atoms with van der Waals surface area (Å²) < 4.78 is 12.1. The van der Waals surface area contributed by atoms with E-state index in [0.29, 0.717) is 30.9 Å². The Morgan fingerprint density at radius 2 is 1.94 bits per heavy atom. The third-order valence-electron chi connectivity index (χ3n) is 7.77. The molecule has 3 amide bonds. The molecule has 192 valence electrons. The Hall–Kier alpha value is -2.65. The zero-order valence-corrected chi connectivity index (χ0v) is 21.2. The smallest absolute Gasteiger partial charge is 0.246 e. The average Bonchev–Trinajstić information content (AvgIpc) is 3.30. The van der Waals surface area contributed by atoms with Gasteiger partial charge in [0, 0.05) is 24.9 Å². The van der Waals surface area contributed by atoms with Gasteiger partial charge in [0.2, 0.25) is 17.7 Å². The largest absolute Gasteiger partial charge is 0.494 e. The van der Waals surface area contributed by atoms with E-state index in [1.54, 1.807) is 24.3 Å². The number of nitrogens with one attached hydrogen (secondary N) is 2. The second-order valence-corrected chi connectivity index (χ2v) is 10.4. The summed E-state index contributed by atoms with van der Waals surface area (Å²) in [6.45, 7) is 10.2. The van der Waals surface area contributed by atoms with Gasteiger partial charge in [0.05, 0.1) is 24.0 Å². The first-order chi connectivity index (χ1) is 16.6. The predicted octanol–water partition coefficient (Wildman–Crippen LogP) is 1.94. The molecule has 35 heavy (non-hydrogen) atoms. The van der Waals surface area contributed by atoms with Crippen LogP contribution in [-0.2, 0) is 19.1 Å². The van der Waals surface area contributed by atoms with Crippen molar-refractivity contribution in [3.63, 3.8) is 0 Å². The van der Waals surface area contributed by atoms with Crippen molar-refractivity contribution in [2.75, 3.05) is 25.1 Å². The number of carbonyl (C=O) groups is 3. The minimum Gasteiger partial charge on any atom is -0.494 e. The number of likely N-dealkylation sites (tertiary alicyclic amines) is 1. The molecule has 3 saturated heterocycles. The van der Waals surface area contributed by atoms with Crippen LogP contribution >= 0.6 is 0 Å². The van der Waals surface area contributed by atoms with E-state index in [9.17, 15) is 19.5 Å². The van der Waals surface area contributed by atoms with E-state index in [1.165, 1.54) is 4.90 Å². The van der Waals surface area contributed by atoms with Gasteiger partial charge in [-0.25, -0.2) is 0 Å². The topological polar surface area (TPSA) is 117 Å². The van der Waals surface area contributed by atoms with Crippen molar-refractivity contribution < 1.29 is 29.0 Å². The summed E-state index contributed by atoms with van der Waals surface area (Å²) in [5.74, 6) is -1.68. The summed E-state index contributed by atoms with van der Waals surface area (Å²) in [4.78, 5) is 42.4. The van der Waals surface area contributed by atoms with Gasteiger partial charge in [-0.05, 0) is 70.7 Å². The average molecular weight is 488 g/mol. The lowest BCUT2D eigenvalue weighted by Crippen LogP contribution is -2.56. The fourth-order valence-corrected chi connectivity index (χ4v) is 6.31. The Labute approximate surface area is 206 Å².